The van der Waals surface area contributed by atoms with Crippen molar-refractivity contribution in [1.82, 2.24) is 4.90 Å². The molecule has 5 rings (SSSR count). The molecule has 4 aliphatic carbocycles. The fourth-order valence-corrected chi connectivity index (χ4v) is 6.63. The average molecular weight is 356 g/mol. The van der Waals surface area contributed by atoms with Crippen molar-refractivity contribution in [2.24, 2.45) is 23.2 Å². The number of esters is 1. The largest absolute Gasteiger partial charge is 0.465 e. The SMILES string of the molecule is COC(=O)c1ccc(CN(C)C(C)CC23CC4CC(CC(C4)C2)C3)cc1. The van der Waals surface area contributed by atoms with Gasteiger partial charge in [-0.25, -0.2) is 4.79 Å². The minimum absolute atomic E-state index is 0.264. The number of rotatable bonds is 6. The minimum Gasteiger partial charge on any atom is -0.465 e. The number of benzene rings is 1. The summed E-state index contributed by atoms with van der Waals surface area (Å²) >= 11 is 0. The molecule has 0 saturated heterocycles. The molecule has 0 amide bonds. The normalized spacial score (nSPS) is 33.5. The zero-order valence-electron chi connectivity index (χ0n) is 16.5. The van der Waals surface area contributed by atoms with Gasteiger partial charge in [0.25, 0.3) is 0 Å². The molecule has 0 radical (unpaired) electrons. The van der Waals surface area contributed by atoms with Crippen LogP contribution >= 0.6 is 0 Å². The smallest absolute Gasteiger partial charge is 0.337 e. The number of hydrogen-bond donors (Lipinski definition) is 0. The van der Waals surface area contributed by atoms with E-state index in [1.54, 1.807) is 0 Å². The van der Waals surface area contributed by atoms with E-state index in [9.17, 15) is 4.79 Å². The van der Waals surface area contributed by atoms with E-state index in [1.165, 1.54) is 57.6 Å². The van der Waals surface area contributed by atoms with Crippen molar-refractivity contribution in [3.05, 3.63) is 35.4 Å². The number of carbonyl (C=O) groups is 1. The van der Waals surface area contributed by atoms with E-state index in [4.69, 9.17) is 4.74 Å². The fraction of sp³-hybridized carbons (Fsp3) is 0.696. The number of methoxy groups -OCH3 is 1. The first-order valence-corrected chi connectivity index (χ1v) is 10.3. The summed E-state index contributed by atoms with van der Waals surface area (Å²) in [6, 6.07) is 8.46. The summed E-state index contributed by atoms with van der Waals surface area (Å²) < 4.78 is 4.78. The lowest BCUT2D eigenvalue weighted by Gasteiger charge is -2.58. The molecular weight excluding hydrogens is 322 g/mol. The van der Waals surface area contributed by atoms with Crippen LogP contribution in [0.3, 0.4) is 0 Å². The standard InChI is InChI=1S/C23H33NO2/c1-16(11-23-12-18-8-19(13-23)10-20(9-18)14-23)24(2)15-17-4-6-21(7-5-17)22(25)26-3/h4-7,16,18-20H,8-15H2,1-3H3. The van der Waals surface area contributed by atoms with Gasteiger partial charge in [-0.2, -0.15) is 0 Å². The van der Waals surface area contributed by atoms with Gasteiger partial charge in [0.15, 0.2) is 0 Å². The molecule has 3 heteroatoms. The van der Waals surface area contributed by atoms with Crippen LogP contribution < -0.4 is 0 Å². The van der Waals surface area contributed by atoms with Gasteiger partial charge in [0, 0.05) is 12.6 Å². The van der Waals surface area contributed by atoms with E-state index in [1.807, 2.05) is 12.1 Å². The molecule has 4 fully saturated rings. The highest BCUT2D eigenvalue weighted by Crippen LogP contribution is 2.61. The highest BCUT2D eigenvalue weighted by molar-refractivity contribution is 5.89. The third-order valence-corrected chi connectivity index (χ3v) is 7.45. The minimum atomic E-state index is -0.264. The molecule has 3 nitrogen and oxygen atoms in total. The van der Waals surface area contributed by atoms with E-state index >= 15 is 0 Å². The highest BCUT2D eigenvalue weighted by Gasteiger charge is 2.51. The molecule has 1 aromatic carbocycles. The van der Waals surface area contributed by atoms with Crippen molar-refractivity contribution in [1.29, 1.82) is 0 Å². The van der Waals surface area contributed by atoms with Gasteiger partial charge in [0.2, 0.25) is 0 Å². The summed E-state index contributed by atoms with van der Waals surface area (Å²) in [5, 5.41) is 0. The van der Waals surface area contributed by atoms with Gasteiger partial charge in [-0.15, -0.1) is 0 Å². The van der Waals surface area contributed by atoms with Gasteiger partial charge in [-0.1, -0.05) is 12.1 Å². The van der Waals surface area contributed by atoms with E-state index in [-0.39, 0.29) is 5.97 Å². The Labute approximate surface area is 158 Å². The van der Waals surface area contributed by atoms with Crippen LogP contribution in [0.2, 0.25) is 0 Å². The van der Waals surface area contributed by atoms with Crippen LogP contribution in [0.1, 0.15) is 67.8 Å². The van der Waals surface area contributed by atoms with Gasteiger partial charge < -0.3 is 4.74 Å². The lowest BCUT2D eigenvalue weighted by molar-refractivity contribution is -0.0675. The summed E-state index contributed by atoms with van der Waals surface area (Å²) in [7, 11) is 3.68. The van der Waals surface area contributed by atoms with Crippen LogP contribution in [0, 0.1) is 23.2 Å². The summed E-state index contributed by atoms with van der Waals surface area (Å²) in [6.07, 6.45) is 10.4. The maximum absolute atomic E-state index is 11.6. The molecular formula is C23H33NO2. The maximum Gasteiger partial charge on any atom is 0.337 e. The van der Waals surface area contributed by atoms with E-state index < -0.39 is 0 Å². The first-order valence-electron chi connectivity index (χ1n) is 10.3. The van der Waals surface area contributed by atoms with Crippen molar-refractivity contribution in [2.45, 2.75) is 64.5 Å². The number of ether oxygens (including phenoxy) is 1. The first kappa shape index (κ1) is 18.0. The summed E-state index contributed by atoms with van der Waals surface area (Å²) in [6.45, 7) is 3.34. The van der Waals surface area contributed by atoms with Crippen LogP contribution in [0.5, 0.6) is 0 Å². The average Bonchev–Trinajstić information content (AvgIpc) is 2.60. The highest BCUT2D eigenvalue weighted by atomic mass is 16.5. The molecule has 0 spiro atoms. The van der Waals surface area contributed by atoms with Crippen molar-refractivity contribution in [3.8, 4) is 0 Å². The molecule has 1 atom stereocenters. The molecule has 4 bridgehead atoms. The Kier molecular flexibility index (Phi) is 4.85. The molecule has 0 aliphatic heterocycles. The number of nitrogens with zero attached hydrogens (tertiary/aromatic N) is 1. The fourth-order valence-electron chi connectivity index (χ4n) is 6.63. The third kappa shape index (κ3) is 3.55. The van der Waals surface area contributed by atoms with Gasteiger partial charge >= 0.3 is 5.97 Å². The van der Waals surface area contributed by atoms with Gasteiger partial charge in [-0.05, 0) is 99.8 Å². The second-order valence-corrected chi connectivity index (χ2v) is 9.57. The third-order valence-electron chi connectivity index (χ3n) is 7.45. The van der Waals surface area contributed by atoms with Crippen LogP contribution in [0.25, 0.3) is 0 Å². The molecule has 4 saturated carbocycles. The Morgan fingerprint density at radius 2 is 1.65 bits per heavy atom. The summed E-state index contributed by atoms with van der Waals surface area (Å²) in [5.41, 5.74) is 2.52. The molecule has 26 heavy (non-hydrogen) atoms. The Hall–Kier alpha value is -1.35. The van der Waals surface area contributed by atoms with Crippen molar-refractivity contribution >= 4 is 5.97 Å². The van der Waals surface area contributed by atoms with Crippen LogP contribution in [-0.4, -0.2) is 31.1 Å². The quantitative estimate of drug-likeness (QED) is 0.680. The lowest BCUT2D eigenvalue weighted by Crippen LogP contribution is -2.48. The topological polar surface area (TPSA) is 29.5 Å². The molecule has 4 aliphatic rings. The van der Waals surface area contributed by atoms with Crippen LogP contribution in [0.4, 0.5) is 0 Å². The predicted octanol–water partition coefficient (Wildman–Crippen LogP) is 4.90. The number of hydrogen-bond acceptors (Lipinski definition) is 3. The van der Waals surface area contributed by atoms with Gasteiger partial charge in [-0.3, -0.25) is 4.90 Å². The Balaban J connectivity index is 1.36. The van der Waals surface area contributed by atoms with Gasteiger partial charge in [0.1, 0.15) is 0 Å². The molecule has 142 valence electrons. The van der Waals surface area contributed by atoms with Crippen LogP contribution in [-0.2, 0) is 11.3 Å². The van der Waals surface area contributed by atoms with Crippen molar-refractivity contribution in [2.75, 3.05) is 14.2 Å². The molecule has 0 N–H and O–H groups in total. The maximum atomic E-state index is 11.6. The van der Waals surface area contributed by atoms with E-state index in [0.29, 0.717) is 17.0 Å². The second-order valence-electron chi connectivity index (χ2n) is 9.57. The zero-order chi connectivity index (χ0) is 18.3. The zero-order valence-corrected chi connectivity index (χ0v) is 16.5. The van der Waals surface area contributed by atoms with Crippen LogP contribution in [0.15, 0.2) is 24.3 Å². The number of carbonyl (C=O) groups excluding carboxylic acids is 1. The second kappa shape index (κ2) is 6.99. The van der Waals surface area contributed by atoms with Crippen molar-refractivity contribution in [3.63, 3.8) is 0 Å². The Bertz CT molecular complexity index is 615. The molecule has 1 aromatic rings. The van der Waals surface area contributed by atoms with Crippen molar-refractivity contribution < 1.29 is 9.53 Å². The Morgan fingerprint density at radius 1 is 1.12 bits per heavy atom. The lowest BCUT2D eigenvalue weighted by atomic mass is 9.48. The predicted molar refractivity (Wildman–Crippen MR) is 104 cm³/mol. The summed E-state index contributed by atoms with van der Waals surface area (Å²) in [4.78, 5) is 14.1. The van der Waals surface area contributed by atoms with E-state index in [0.717, 1.165) is 24.3 Å². The van der Waals surface area contributed by atoms with E-state index in [2.05, 4.69) is 31.0 Å². The Morgan fingerprint density at radius 3 is 2.15 bits per heavy atom. The first-order chi connectivity index (χ1) is 12.5. The molecule has 0 aromatic heterocycles. The molecule has 1 unspecified atom stereocenters. The monoisotopic (exact) mass is 355 g/mol. The molecule has 0 heterocycles. The van der Waals surface area contributed by atoms with Gasteiger partial charge in [0.05, 0.1) is 12.7 Å². The summed E-state index contributed by atoms with van der Waals surface area (Å²) in [5.74, 6) is 2.83.